The average molecular weight is 262 g/mol. The highest BCUT2D eigenvalue weighted by Gasteiger charge is 2.13. The van der Waals surface area contributed by atoms with Crippen molar-refractivity contribution in [3.8, 4) is 0 Å². The van der Waals surface area contributed by atoms with E-state index in [0.29, 0.717) is 6.10 Å². The highest BCUT2D eigenvalue weighted by molar-refractivity contribution is 5.53. The molecule has 3 heteroatoms. The Morgan fingerprint density at radius 2 is 2.00 bits per heavy atom. The molecule has 2 rings (SSSR count). The van der Waals surface area contributed by atoms with Crippen molar-refractivity contribution in [1.82, 2.24) is 5.32 Å². The molecule has 1 heterocycles. The lowest BCUT2D eigenvalue weighted by atomic mass is 10.1. The smallest absolute Gasteiger partial charge is 0.0645 e. The molecule has 1 N–H and O–H groups in total. The van der Waals surface area contributed by atoms with Crippen molar-refractivity contribution in [1.29, 1.82) is 0 Å². The number of anilines is 1. The maximum Gasteiger partial charge on any atom is 0.0645 e. The van der Waals surface area contributed by atoms with E-state index in [-0.39, 0.29) is 0 Å². The number of nitrogens with one attached hydrogen (secondary N) is 1. The fourth-order valence-corrected chi connectivity index (χ4v) is 2.67. The third-order valence-corrected chi connectivity index (χ3v) is 3.83. The van der Waals surface area contributed by atoms with Gasteiger partial charge in [-0.25, -0.2) is 0 Å². The molecule has 0 spiro atoms. The summed E-state index contributed by atoms with van der Waals surface area (Å²) in [6.07, 6.45) is 2.74. The van der Waals surface area contributed by atoms with Gasteiger partial charge in [-0.1, -0.05) is 17.7 Å². The Bertz CT molecular complexity index is 400. The summed E-state index contributed by atoms with van der Waals surface area (Å²) >= 11 is 0. The largest absolute Gasteiger partial charge is 0.376 e. The number of piperidine rings is 1. The number of hydrogen-bond donors (Lipinski definition) is 1. The van der Waals surface area contributed by atoms with Gasteiger partial charge in [0, 0.05) is 19.3 Å². The van der Waals surface area contributed by atoms with Gasteiger partial charge in [-0.05, 0) is 51.4 Å². The van der Waals surface area contributed by atoms with Crippen LogP contribution in [0.5, 0.6) is 0 Å². The number of aryl methyl sites for hydroxylation is 2. The SMILES string of the molecule is Cc1ccc(N(C)CCOC2CCNCC2)c(C)c1. The van der Waals surface area contributed by atoms with Crippen LogP contribution >= 0.6 is 0 Å². The van der Waals surface area contributed by atoms with Crippen LogP contribution in [0.15, 0.2) is 18.2 Å². The van der Waals surface area contributed by atoms with Gasteiger partial charge in [0.05, 0.1) is 12.7 Å². The summed E-state index contributed by atoms with van der Waals surface area (Å²) in [5, 5.41) is 3.36. The van der Waals surface area contributed by atoms with Gasteiger partial charge in [-0.2, -0.15) is 0 Å². The summed E-state index contributed by atoms with van der Waals surface area (Å²) in [5.41, 5.74) is 3.96. The third kappa shape index (κ3) is 4.22. The molecule has 1 aromatic carbocycles. The van der Waals surface area contributed by atoms with E-state index in [9.17, 15) is 0 Å². The second kappa shape index (κ2) is 6.92. The molecule has 0 bridgehead atoms. The first-order valence-electron chi connectivity index (χ1n) is 7.27. The van der Waals surface area contributed by atoms with Gasteiger partial charge in [-0.3, -0.25) is 0 Å². The van der Waals surface area contributed by atoms with Crippen LogP contribution in [-0.2, 0) is 4.74 Å². The molecule has 106 valence electrons. The summed E-state index contributed by atoms with van der Waals surface area (Å²) in [5.74, 6) is 0. The Morgan fingerprint density at radius 1 is 1.26 bits per heavy atom. The van der Waals surface area contributed by atoms with Crippen molar-refractivity contribution in [2.24, 2.45) is 0 Å². The van der Waals surface area contributed by atoms with Gasteiger partial charge in [0.15, 0.2) is 0 Å². The van der Waals surface area contributed by atoms with Crippen LogP contribution in [0, 0.1) is 13.8 Å². The third-order valence-electron chi connectivity index (χ3n) is 3.83. The number of rotatable bonds is 5. The monoisotopic (exact) mass is 262 g/mol. The minimum Gasteiger partial charge on any atom is -0.376 e. The zero-order valence-corrected chi connectivity index (χ0v) is 12.4. The van der Waals surface area contributed by atoms with Crippen molar-refractivity contribution in [2.45, 2.75) is 32.8 Å². The summed E-state index contributed by atoms with van der Waals surface area (Å²) in [6, 6.07) is 6.61. The topological polar surface area (TPSA) is 24.5 Å². The van der Waals surface area contributed by atoms with Gasteiger partial charge >= 0.3 is 0 Å². The van der Waals surface area contributed by atoms with E-state index in [1.54, 1.807) is 0 Å². The maximum atomic E-state index is 5.96. The quantitative estimate of drug-likeness (QED) is 0.882. The molecule has 19 heavy (non-hydrogen) atoms. The molecule has 3 nitrogen and oxygen atoms in total. The van der Waals surface area contributed by atoms with E-state index in [2.05, 4.69) is 49.3 Å². The standard InChI is InChI=1S/C16H26N2O/c1-13-4-5-16(14(2)12-13)18(3)10-11-19-15-6-8-17-9-7-15/h4-5,12,15,17H,6-11H2,1-3H3. The molecule has 0 aliphatic carbocycles. The van der Waals surface area contributed by atoms with Gasteiger partial charge in [0.2, 0.25) is 0 Å². The van der Waals surface area contributed by atoms with E-state index in [4.69, 9.17) is 4.74 Å². The molecule has 0 radical (unpaired) electrons. The van der Waals surface area contributed by atoms with Gasteiger partial charge < -0.3 is 15.0 Å². The second-order valence-electron chi connectivity index (χ2n) is 5.53. The van der Waals surface area contributed by atoms with Gasteiger partial charge in [-0.15, -0.1) is 0 Å². The maximum absolute atomic E-state index is 5.96. The van der Waals surface area contributed by atoms with Crippen LogP contribution < -0.4 is 10.2 Å². The Hall–Kier alpha value is -1.06. The Labute approximate surface area is 116 Å². The van der Waals surface area contributed by atoms with Crippen LogP contribution in [-0.4, -0.2) is 39.4 Å². The van der Waals surface area contributed by atoms with Crippen molar-refractivity contribution >= 4 is 5.69 Å². The molecule has 1 aliphatic rings. The average Bonchev–Trinajstić information content (AvgIpc) is 2.39. The highest BCUT2D eigenvalue weighted by atomic mass is 16.5. The predicted molar refractivity (Wildman–Crippen MR) is 81.0 cm³/mol. The molecule has 1 fully saturated rings. The Morgan fingerprint density at radius 3 is 2.68 bits per heavy atom. The molecule has 0 aromatic heterocycles. The van der Waals surface area contributed by atoms with Gasteiger partial charge in [0.1, 0.15) is 0 Å². The second-order valence-corrected chi connectivity index (χ2v) is 5.53. The molecule has 1 aliphatic heterocycles. The molecular formula is C16H26N2O. The summed E-state index contributed by atoms with van der Waals surface area (Å²) in [7, 11) is 2.14. The van der Waals surface area contributed by atoms with E-state index in [0.717, 1.165) is 39.1 Å². The van der Waals surface area contributed by atoms with Crippen LogP contribution in [0.25, 0.3) is 0 Å². The van der Waals surface area contributed by atoms with Crippen molar-refractivity contribution in [2.75, 3.05) is 38.2 Å². The zero-order chi connectivity index (χ0) is 13.7. The molecule has 0 amide bonds. The lowest BCUT2D eigenvalue weighted by molar-refractivity contribution is 0.0376. The predicted octanol–water partition coefficient (Wildman–Crippen LogP) is 2.51. The number of hydrogen-bond acceptors (Lipinski definition) is 3. The first-order valence-corrected chi connectivity index (χ1v) is 7.27. The van der Waals surface area contributed by atoms with Crippen LogP contribution in [0.2, 0.25) is 0 Å². The molecule has 1 aromatic rings. The normalized spacial score (nSPS) is 16.6. The lowest BCUT2D eigenvalue weighted by Gasteiger charge is -2.26. The number of nitrogens with zero attached hydrogens (tertiary/aromatic N) is 1. The van der Waals surface area contributed by atoms with E-state index in [1.807, 2.05) is 0 Å². The van der Waals surface area contributed by atoms with Gasteiger partial charge in [0.25, 0.3) is 0 Å². The van der Waals surface area contributed by atoms with Crippen molar-refractivity contribution in [3.05, 3.63) is 29.3 Å². The molecule has 1 saturated heterocycles. The summed E-state index contributed by atoms with van der Waals surface area (Å²) < 4.78 is 5.96. The minimum absolute atomic E-state index is 0.453. The van der Waals surface area contributed by atoms with E-state index < -0.39 is 0 Å². The van der Waals surface area contributed by atoms with Crippen LogP contribution in [0.4, 0.5) is 5.69 Å². The molecule has 0 unspecified atom stereocenters. The fourth-order valence-electron chi connectivity index (χ4n) is 2.67. The van der Waals surface area contributed by atoms with E-state index >= 15 is 0 Å². The molecule has 0 atom stereocenters. The number of benzene rings is 1. The summed E-state index contributed by atoms with van der Waals surface area (Å²) in [6.45, 7) is 8.26. The molecular weight excluding hydrogens is 236 g/mol. The Kier molecular flexibility index (Phi) is 5.23. The fraction of sp³-hybridized carbons (Fsp3) is 0.625. The highest BCUT2D eigenvalue weighted by Crippen LogP contribution is 2.19. The molecule has 0 saturated carbocycles. The van der Waals surface area contributed by atoms with Crippen LogP contribution in [0.1, 0.15) is 24.0 Å². The summed E-state index contributed by atoms with van der Waals surface area (Å²) in [4.78, 5) is 2.29. The first-order chi connectivity index (χ1) is 9.16. The Balaban J connectivity index is 1.78. The number of ether oxygens (including phenoxy) is 1. The van der Waals surface area contributed by atoms with Crippen molar-refractivity contribution < 1.29 is 4.74 Å². The van der Waals surface area contributed by atoms with Crippen LogP contribution in [0.3, 0.4) is 0 Å². The minimum atomic E-state index is 0.453. The number of likely N-dealkylation sites (N-methyl/N-ethyl adjacent to an activating group) is 1. The first kappa shape index (κ1) is 14.4. The lowest BCUT2D eigenvalue weighted by Crippen LogP contribution is -2.34. The van der Waals surface area contributed by atoms with Crippen molar-refractivity contribution in [3.63, 3.8) is 0 Å². The zero-order valence-electron chi connectivity index (χ0n) is 12.4. The van der Waals surface area contributed by atoms with E-state index in [1.165, 1.54) is 16.8 Å².